The van der Waals surface area contributed by atoms with E-state index >= 15 is 0 Å². The summed E-state index contributed by atoms with van der Waals surface area (Å²) >= 11 is 11.7. The van der Waals surface area contributed by atoms with Gasteiger partial charge in [0.2, 0.25) is 5.91 Å². The molecule has 0 N–H and O–H groups in total. The lowest BCUT2D eigenvalue weighted by molar-refractivity contribution is -0.134. The number of halogens is 2. The van der Waals surface area contributed by atoms with E-state index in [1.807, 2.05) is 17.9 Å². The maximum Gasteiger partial charge on any atom is 0.223 e. The van der Waals surface area contributed by atoms with Gasteiger partial charge in [-0.15, -0.1) is 11.6 Å². The Balaban J connectivity index is 1.77. The molecule has 4 nitrogen and oxygen atoms in total. The van der Waals surface area contributed by atoms with Crippen molar-refractivity contribution in [3.8, 4) is 5.75 Å². The van der Waals surface area contributed by atoms with Crippen LogP contribution in [-0.2, 0) is 4.79 Å². The van der Waals surface area contributed by atoms with Crippen LogP contribution in [0.1, 0.15) is 41.6 Å². The number of aryl methyl sites for hydroxylation is 1. The van der Waals surface area contributed by atoms with Crippen molar-refractivity contribution in [1.29, 1.82) is 0 Å². The minimum atomic E-state index is -0.498. The van der Waals surface area contributed by atoms with Crippen molar-refractivity contribution < 1.29 is 14.3 Å². The highest BCUT2D eigenvalue weighted by atomic mass is 35.5. The average molecular weight is 356 g/mol. The summed E-state index contributed by atoms with van der Waals surface area (Å²) in [5, 5.41) is 0.582. The molecule has 1 aromatic carbocycles. The number of hydrogen-bond donors (Lipinski definition) is 0. The van der Waals surface area contributed by atoms with Crippen molar-refractivity contribution >= 4 is 34.9 Å². The molecule has 2 aliphatic rings. The van der Waals surface area contributed by atoms with Crippen LogP contribution in [-0.4, -0.2) is 41.2 Å². The van der Waals surface area contributed by atoms with Gasteiger partial charge in [0.1, 0.15) is 11.4 Å². The Morgan fingerprint density at radius 3 is 2.70 bits per heavy atom. The summed E-state index contributed by atoms with van der Waals surface area (Å²) in [6.07, 6.45) is 2.02. The second-order valence-electron chi connectivity index (χ2n) is 6.30. The van der Waals surface area contributed by atoms with Gasteiger partial charge in [-0.3, -0.25) is 9.59 Å². The summed E-state index contributed by atoms with van der Waals surface area (Å²) in [5.41, 5.74) is 0.958. The Kier molecular flexibility index (Phi) is 4.56. The predicted molar refractivity (Wildman–Crippen MR) is 89.6 cm³/mol. The maximum absolute atomic E-state index is 12.5. The van der Waals surface area contributed by atoms with Crippen molar-refractivity contribution in [2.75, 3.05) is 19.0 Å². The van der Waals surface area contributed by atoms with Crippen molar-refractivity contribution in [2.45, 2.75) is 38.2 Å². The number of alkyl halides is 1. The zero-order valence-electron chi connectivity index (χ0n) is 13.0. The molecule has 1 saturated heterocycles. The van der Waals surface area contributed by atoms with Crippen LogP contribution in [0.5, 0.6) is 5.75 Å². The SMILES string of the molecule is Cc1cc2c(cc1Cl)C(=O)CC1(CCN(C(=O)CCCl)CC1)O2. The molecular weight excluding hydrogens is 337 g/mol. The summed E-state index contributed by atoms with van der Waals surface area (Å²) in [6, 6.07) is 3.53. The summed E-state index contributed by atoms with van der Waals surface area (Å²) in [7, 11) is 0. The zero-order chi connectivity index (χ0) is 16.6. The predicted octanol–water partition coefficient (Wildman–Crippen LogP) is 3.60. The van der Waals surface area contributed by atoms with Crippen LogP contribution in [0, 0.1) is 6.92 Å². The van der Waals surface area contributed by atoms with Gasteiger partial charge >= 0.3 is 0 Å². The fourth-order valence-corrected chi connectivity index (χ4v) is 3.62. The molecule has 0 atom stereocenters. The van der Waals surface area contributed by atoms with Gasteiger partial charge in [0.05, 0.1) is 12.0 Å². The lowest BCUT2D eigenvalue weighted by Crippen LogP contribution is -2.52. The molecule has 0 bridgehead atoms. The van der Waals surface area contributed by atoms with Crippen LogP contribution in [0.3, 0.4) is 0 Å². The average Bonchev–Trinajstić information content (AvgIpc) is 2.50. The third-order valence-electron chi connectivity index (χ3n) is 4.71. The first-order chi connectivity index (χ1) is 10.9. The highest BCUT2D eigenvalue weighted by molar-refractivity contribution is 6.31. The molecule has 1 aromatic rings. The van der Waals surface area contributed by atoms with Gasteiger partial charge in [0, 0.05) is 43.3 Å². The lowest BCUT2D eigenvalue weighted by Gasteiger charge is -2.44. The molecule has 6 heteroatoms. The van der Waals surface area contributed by atoms with Gasteiger partial charge in [-0.25, -0.2) is 0 Å². The number of carbonyl (C=O) groups is 2. The van der Waals surface area contributed by atoms with E-state index in [4.69, 9.17) is 27.9 Å². The van der Waals surface area contributed by atoms with Crippen LogP contribution in [0.4, 0.5) is 0 Å². The summed E-state index contributed by atoms with van der Waals surface area (Å²) in [6.45, 7) is 3.10. The quantitative estimate of drug-likeness (QED) is 0.761. The number of hydrogen-bond acceptors (Lipinski definition) is 3. The largest absolute Gasteiger partial charge is 0.486 e. The number of benzene rings is 1. The van der Waals surface area contributed by atoms with E-state index in [0.717, 1.165) is 5.56 Å². The molecule has 1 amide bonds. The van der Waals surface area contributed by atoms with Crippen molar-refractivity contribution in [1.82, 2.24) is 4.90 Å². The number of ether oxygens (including phenoxy) is 1. The van der Waals surface area contributed by atoms with Crippen molar-refractivity contribution in [3.63, 3.8) is 0 Å². The smallest absolute Gasteiger partial charge is 0.223 e. The molecule has 3 rings (SSSR count). The van der Waals surface area contributed by atoms with E-state index in [2.05, 4.69) is 0 Å². The van der Waals surface area contributed by atoms with Crippen LogP contribution in [0.2, 0.25) is 5.02 Å². The van der Waals surface area contributed by atoms with Crippen LogP contribution in [0.15, 0.2) is 12.1 Å². The molecule has 0 aromatic heterocycles. The Morgan fingerprint density at radius 1 is 1.35 bits per heavy atom. The zero-order valence-corrected chi connectivity index (χ0v) is 14.5. The monoisotopic (exact) mass is 355 g/mol. The van der Waals surface area contributed by atoms with Crippen LogP contribution < -0.4 is 4.74 Å². The fraction of sp³-hybridized carbons (Fsp3) is 0.529. The van der Waals surface area contributed by atoms with Crippen molar-refractivity contribution in [3.05, 3.63) is 28.3 Å². The first kappa shape index (κ1) is 16.6. The third-order valence-corrected chi connectivity index (χ3v) is 5.30. The summed E-state index contributed by atoms with van der Waals surface area (Å²) < 4.78 is 6.21. The van der Waals surface area contributed by atoms with E-state index in [9.17, 15) is 9.59 Å². The highest BCUT2D eigenvalue weighted by Crippen LogP contribution is 2.41. The Morgan fingerprint density at radius 2 is 2.04 bits per heavy atom. The number of Topliss-reactive ketones (excluding diaryl/α,β-unsaturated/α-hetero) is 1. The molecule has 2 heterocycles. The van der Waals surface area contributed by atoms with Crippen LogP contribution in [0.25, 0.3) is 0 Å². The molecule has 2 aliphatic heterocycles. The molecule has 0 radical (unpaired) electrons. The minimum Gasteiger partial charge on any atom is -0.486 e. The Bertz CT molecular complexity index is 651. The standard InChI is InChI=1S/C17H19Cl2NO3/c1-11-8-15-12(9-13(11)19)14(21)10-17(23-15)3-6-20(7-4-17)16(22)2-5-18/h8-9H,2-7,10H2,1H3. The van der Waals surface area contributed by atoms with Gasteiger partial charge in [-0.05, 0) is 24.6 Å². The van der Waals surface area contributed by atoms with E-state index in [0.29, 0.717) is 61.0 Å². The van der Waals surface area contributed by atoms with E-state index in [1.54, 1.807) is 6.07 Å². The molecule has 23 heavy (non-hydrogen) atoms. The van der Waals surface area contributed by atoms with Gasteiger partial charge < -0.3 is 9.64 Å². The first-order valence-electron chi connectivity index (χ1n) is 7.80. The number of likely N-dealkylation sites (tertiary alicyclic amines) is 1. The number of ketones is 1. The molecule has 0 saturated carbocycles. The van der Waals surface area contributed by atoms with E-state index < -0.39 is 5.60 Å². The lowest BCUT2D eigenvalue weighted by atomic mass is 9.82. The number of fused-ring (bicyclic) bond motifs is 1. The normalized spacial score (nSPS) is 19.4. The van der Waals surface area contributed by atoms with E-state index in [1.165, 1.54) is 0 Å². The number of piperidine rings is 1. The highest BCUT2D eigenvalue weighted by Gasteiger charge is 2.43. The van der Waals surface area contributed by atoms with Crippen LogP contribution >= 0.6 is 23.2 Å². The number of nitrogens with zero attached hydrogens (tertiary/aromatic N) is 1. The summed E-state index contributed by atoms with van der Waals surface area (Å²) in [4.78, 5) is 26.2. The van der Waals surface area contributed by atoms with Crippen molar-refractivity contribution in [2.24, 2.45) is 0 Å². The molecule has 0 aliphatic carbocycles. The minimum absolute atomic E-state index is 0.0636. The molecule has 0 unspecified atom stereocenters. The van der Waals surface area contributed by atoms with Gasteiger partial charge in [0.15, 0.2) is 5.78 Å². The van der Waals surface area contributed by atoms with E-state index in [-0.39, 0.29) is 11.7 Å². The molecular formula is C17H19Cl2NO3. The third kappa shape index (κ3) is 3.20. The van der Waals surface area contributed by atoms with Gasteiger partial charge in [-0.1, -0.05) is 11.6 Å². The molecule has 124 valence electrons. The molecule has 1 fully saturated rings. The Labute approximate surface area is 145 Å². The maximum atomic E-state index is 12.5. The number of amides is 1. The second-order valence-corrected chi connectivity index (χ2v) is 7.09. The van der Waals surface area contributed by atoms with Gasteiger partial charge in [-0.2, -0.15) is 0 Å². The summed E-state index contributed by atoms with van der Waals surface area (Å²) in [5.74, 6) is 1.08. The van der Waals surface area contributed by atoms with Gasteiger partial charge in [0.25, 0.3) is 0 Å². The fourth-order valence-electron chi connectivity index (χ4n) is 3.30. The second kappa shape index (κ2) is 6.33. The number of carbonyl (C=O) groups excluding carboxylic acids is 2. The number of rotatable bonds is 2. The Hall–Kier alpha value is -1.26. The molecule has 1 spiro atoms. The first-order valence-corrected chi connectivity index (χ1v) is 8.71. The topological polar surface area (TPSA) is 46.6 Å².